The number of aromatic carboxylic acids is 1. The Labute approximate surface area is 151 Å². The molecule has 0 radical (unpaired) electrons. The highest BCUT2D eigenvalue weighted by atomic mass is 16.5. The summed E-state index contributed by atoms with van der Waals surface area (Å²) in [6, 6.07) is 12.7. The molecule has 0 bridgehead atoms. The summed E-state index contributed by atoms with van der Waals surface area (Å²) < 4.78 is 6.81. The van der Waals surface area contributed by atoms with E-state index in [0.29, 0.717) is 17.0 Å². The van der Waals surface area contributed by atoms with Gasteiger partial charge in [0, 0.05) is 18.0 Å². The van der Waals surface area contributed by atoms with Gasteiger partial charge in [-0.1, -0.05) is 24.3 Å². The molecule has 1 amide bonds. The third-order valence-electron chi connectivity index (χ3n) is 4.37. The predicted molar refractivity (Wildman–Crippen MR) is 97.3 cm³/mol. The number of amides is 1. The van der Waals surface area contributed by atoms with Crippen LogP contribution in [0.3, 0.4) is 0 Å². The number of carboxylic acid groups (broad SMARTS) is 1. The topological polar surface area (TPSA) is 83.4 Å². The number of carbonyl (C=O) groups excluding carboxylic acids is 2. The molecule has 2 aromatic carbocycles. The lowest BCUT2D eigenvalue weighted by Crippen LogP contribution is -2.27. The van der Waals surface area contributed by atoms with Crippen LogP contribution in [0.1, 0.15) is 21.6 Å². The maximum Gasteiger partial charge on any atom is 0.229 e. The van der Waals surface area contributed by atoms with Gasteiger partial charge in [0.15, 0.2) is 0 Å². The van der Waals surface area contributed by atoms with E-state index in [0.717, 1.165) is 16.5 Å². The summed E-state index contributed by atoms with van der Waals surface area (Å²) >= 11 is 0. The first-order valence-electron chi connectivity index (χ1n) is 8.14. The molecular weight excluding hydrogens is 332 g/mol. The Morgan fingerprint density at radius 1 is 1.19 bits per heavy atom. The van der Waals surface area contributed by atoms with Crippen LogP contribution in [0.15, 0.2) is 42.5 Å². The molecule has 1 aromatic heterocycles. The minimum absolute atomic E-state index is 0.0116. The molecule has 0 saturated carbocycles. The SMILES string of the molecule is COc1ccc(C)cc1NC(=O)Cc1c(C(=O)[O-])n(C)c2ccccc12. The zero-order valence-electron chi connectivity index (χ0n) is 14.8. The van der Waals surface area contributed by atoms with Gasteiger partial charge in [-0.25, -0.2) is 0 Å². The number of hydrogen-bond donors (Lipinski definition) is 1. The number of benzene rings is 2. The maximum atomic E-state index is 12.6. The van der Waals surface area contributed by atoms with Crippen LogP contribution >= 0.6 is 0 Å². The Morgan fingerprint density at radius 2 is 1.92 bits per heavy atom. The molecule has 0 unspecified atom stereocenters. The summed E-state index contributed by atoms with van der Waals surface area (Å²) in [5.74, 6) is -1.09. The number of ether oxygens (including phenoxy) is 1. The van der Waals surface area contributed by atoms with Gasteiger partial charge in [-0.15, -0.1) is 0 Å². The van der Waals surface area contributed by atoms with E-state index in [9.17, 15) is 14.7 Å². The second-order valence-electron chi connectivity index (χ2n) is 6.12. The Bertz CT molecular complexity index is 1000. The largest absolute Gasteiger partial charge is 0.543 e. The molecule has 0 aliphatic heterocycles. The molecule has 1 N–H and O–H groups in total. The van der Waals surface area contributed by atoms with Gasteiger partial charge in [0.2, 0.25) is 5.91 Å². The number of nitrogens with zero attached hydrogens (tertiary/aromatic N) is 1. The van der Waals surface area contributed by atoms with Gasteiger partial charge in [-0.3, -0.25) is 4.79 Å². The fourth-order valence-electron chi connectivity index (χ4n) is 3.19. The van der Waals surface area contributed by atoms with Crippen molar-refractivity contribution in [3.05, 3.63) is 59.3 Å². The number of carbonyl (C=O) groups is 2. The van der Waals surface area contributed by atoms with Crippen molar-refractivity contribution < 1.29 is 19.4 Å². The highest BCUT2D eigenvalue weighted by Crippen LogP contribution is 2.28. The molecule has 0 saturated heterocycles. The lowest BCUT2D eigenvalue weighted by molar-refractivity contribution is -0.255. The minimum atomic E-state index is -1.31. The summed E-state index contributed by atoms with van der Waals surface area (Å²) in [5.41, 5.74) is 2.71. The number of carboxylic acids is 1. The van der Waals surface area contributed by atoms with Crippen LogP contribution < -0.4 is 15.2 Å². The molecule has 3 aromatic rings. The van der Waals surface area contributed by atoms with E-state index in [4.69, 9.17) is 4.74 Å². The van der Waals surface area contributed by atoms with Crippen molar-refractivity contribution >= 4 is 28.5 Å². The van der Waals surface area contributed by atoms with Crippen LogP contribution in [0.5, 0.6) is 5.75 Å². The summed E-state index contributed by atoms with van der Waals surface area (Å²) in [7, 11) is 3.18. The van der Waals surface area contributed by atoms with Gasteiger partial charge >= 0.3 is 0 Å². The molecule has 3 rings (SSSR count). The number of rotatable bonds is 5. The van der Waals surface area contributed by atoms with Crippen molar-refractivity contribution in [2.45, 2.75) is 13.3 Å². The molecule has 26 heavy (non-hydrogen) atoms. The van der Waals surface area contributed by atoms with E-state index in [1.807, 2.05) is 31.2 Å². The van der Waals surface area contributed by atoms with Crippen molar-refractivity contribution in [1.29, 1.82) is 0 Å². The van der Waals surface area contributed by atoms with Gasteiger partial charge in [-0.2, -0.15) is 0 Å². The van der Waals surface area contributed by atoms with Crippen LogP contribution in [0.25, 0.3) is 10.9 Å². The Kier molecular flexibility index (Phi) is 4.67. The van der Waals surface area contributed by atoms with Crippen LogP contribution in [-0.4, -0.2) is 23.6 Å². The number of hydrogen-bond acceptors (Lipinski definition) is 4. The highest BCUT2D eigenvalue weighted by Gasteiger charge is 2.19. The van der Waals surface area contributed by atoms with Gasteiger partial charge in [0.05, 0.1) is 30.9 Å². The Morgan fingerprint density at radius 3 is 2.62 bits per heavy atom. The molecule has 0 atom stereocenters. The van der Waals surface area contributed by atoms with Crippen LogP contribution in [0.4, 0.5) is 5.69 Å². The number of nitrogens with one attached hydrogen (secondary N) is 1. The Hall–Kier alpha value is -3.28. The third kappa shape index (κ3) is 3.13. The molecule has 1 heterocycles. The Balaban J connectivity index is 1.97. The zero-order valence-corrected chi connectivity index (χ0v) is 14.8. The van der Waals surface area contributed by atoms with E-state index in [1.165, 1.54) is 7.11 Å². The molecule has 0 aliphatic rings. The average Bonchev–Trinajstić information content (AvgIpc) is 2.88. The first-order chi connectivity index (χ1) is 12.4. The van der Waals surface area contributed by atoms with Crippen LogP contribution in [-0.2, 0) is 18.3 Å². The van der Waals surface area contributed by atoms with E-state index in [1.54, 1.807) is 29.8 Å². The molecule has 0 aliphatic carbocycles. The predicted octanol–water partition coefficient (Wildman–Crippen LogP) is 2.04. The highest BCUT2D eigenvalue weighted by molar-refractivity contribution is 6.02. The molecule has 134 valence electrons. The van der Waals surface area contributed by atoms with Gasteiger partial charge in [0.1, 0.15) is 5.75 Å². The number of aryl methyl sites for hydroxylation is 2. The third-order valence-corrected chi connectivity index (χ3v) is 4.37. The zero-order chi connectivity index (χ0) is 18.8. The molecule has 0 fully saturated rings. The number of aromatic nitrogens is 1. The maximum absolute atomic E-state index is 12.6. The quantitative estimate of drug-likeness (QED) is 0.762. The fourth-order valence-corrected chi connectivity index (χ4v) is 3.19. The first-order valence-corrected chi connectivity index (χ1v) is 8.14. The molecular formula is C20H19N2O4-. The van der Waals surface area contributed by atoms with Gasteiger partial charge in [-0.05, 0) is 36.2 Å². The van der Waals surface area contributed by atoms with Crippen molar-refractivity contribution in [3.8, 4) is 5.75 Å². The van der Waals surface area contributed by atoms with Gasteiger partial charge < -0.3 is 24.5 Å². The molecule has 6 nitrogen and oxygen atoms in total. The number of anilines is 1. The van der Waals surface area contributed by atoms with E-state index < -0.39 is 5.97 Å². The van der Waals surface area contributed by atoms with Gasteiger partial charge in [0.25, 0.3) is 0 Å². The van der Waals surface area contributed by atoms with Crippen molar-refractivity contribution in [3.63, 3.8) is 0 Å². The van der Waals surface area contributed by atoms with Crippen molar-refractivity contribution in [2.24, 2.45) is 7.05 Å². The second-order valence-corrected chi connectivity index (χ2v) is 6.12. The second kappa shape index (κ2) is 6.92. The summed E-state index contributed by atoms with van der Waals surface area (Å²) in [5, 5.41) is 15.1. The van der Waals surface area contributed by atoms with E-state index in [2.05, 4.69) is 5.32 Å². The first kappa shape index (κ1) is 17.5. The standard InChI is InChI=1S/C20H20N2O4/c1-12-8-9-17(26-3)15(10-12)21-18(23)11-14-13-6-4-5-7-16(13)22(2)19(14)20(24)25/h4-10H,11H2,1-3H3,(H,21,23)(H,24,25)/p-1. The smallest absolute Gasteiger partial charge is 0.229 e. The van der Waals surface area contributed by atoms with E-state index >= 15 is 0 Å². The summed E-state index contributed by atoms with van der Waals surface area (Å²) in [4.78, 5) is 24.2. The summed E-state index contributed by atoms with van der Waals surface area (Å²) in [6.45, 7) is 1.91. The normalized spacial score (nSPS) is 10.7. The minimum Gasteiger partial charge on any atom is -0.543 e. The lowest BCUT2D eigenvalue weighted by Gasteiger charge is -2.12. The van der Waals surface area contributed by atoms with Crippen molar-refractivity contribution in [1.82, 2.24) is 4.57 Å². The van der Waals surface area contributed by atoms with E-state index in [-0.39, 0.29) is 18.0 Å². The fraction of sp³-hybridized carbons (Fsp3) is 0.200. The molecule has 6 heteroatoms. The lowest BCUT2D eigenvalue weighted by atomic mass is 10.1. The van der Waals surface area contributed by atoms with Crippen LogP contribution in [0, 0.1) is 6.92 Å². The summed E-state index contributed by atoms with van der Waals surface area (Å²) in [6.07, 6.45) is -0.0816. The number of methoxy groups -OCH3 is 1. The monoisotopic (exact) mass is 351 g/mol. The number of para-hydroxylation sites is 1. The molecule has 0 spiro atoms. The number of fused-ring (bicyclic) bond motifs is 1. The average molecular weight is 351 g/mol. The van der Waals surface area contributed by atoms with Crippen molar-refractivity contribution in [2.75, 3.05) is 12.4 Å². The van der Waals surface area contributed by atoms with Crippen LogP contribution in [0.2, 0.25) is 0 Å².